The Kier molecular flexibility index (Phi) is 10.2. The van der Waals surface area contributed by atoms with Gasteiger partial charge >= 0.3 is 12.4 Å². The zero-order chi connectivity index (χ0) is 33.2. The largest absolute Gasteiger partial charge is 0.430 e. The minimum atomic E-state index is -5.94. The lowest BCUT2D eigenvalue weighted by atomic mass is 9.88. The predicted octanol–water partition coefficient (Wildman–Crippen LogP) is 6.10. The third kappa shape index (κ3) is 7.78. The van der Waals surface area contributed by atoms with Crippen molar-refractivity contribution in [3.8, 4) is 11.1 Å². The molecule has 0 radical (unpaired) electrons. The van der Waals surface area contributed by atoms with Crippen LogP contribution in [-0.4, -0.2) is 83.7 Å². The van der Waals surface area contributed by atoms with E-state index in [0.717, 1.165) is 43.9 Å². The fourth-order valence-corrected chi connectivity index (χ4v) is 6.01. The molecule has 2 aliphatic heterocycles. The Labute approximate surface area is 259 Å². The van der Waals surface area contributed by atoms with E-state index in [1.165, 1.54) is 5.57 Å². The maximum Gasteiger partial charge on any atom is 0.430 e. The van der Waals surface area contributed by atoms with Crippen molar-refractivity contribution in [1.29, 1.82) is 0 Å². The number of aliphatic hydroxyl groups is 1. The van der Waals surface area contributed by atoms with E-state index < -0.39 is 29.1 Å². The molecule has 0 bridgehead atoms. The number of benzene rings is 2. The fraction of sp³-hybridized carbons (Fsp3) is 0.515. The summed E-state index contributed by atoms with van der Waals surface area (Å²) in [7, 11) is 0. The molecule has 4 rings (SSSR count). The number of halogens is 6. The van der Waals surface area contributed by atoms with Crippen molar-refractivity contribution < 1.29 is 36.2 Å². The Morgan fingerprint density at radius 3 is 2.09 bits per heavy atom. The highest BCUT2D eigenvalue weighted by molar-refractivity contribution is 5.77. The van der Waals surface area contributed by atoms with Crippen LogP contribution in [0.2, 0.25) is 0 Å². The summed E-state index contributed by atoms with van der Waals surface area (Å²) >= 11 is 0. The number of dihydropyridines is 1. The molecule has 2 N–H and O–H groups in total. The van der Waals surface area contributed by atoms with E-state index >= 15 is 0 Å². The molecule has 2 aliphatic rings. The zero-order valence-corrected chi connectivity index (χ0v) is 25.8. The molecule has 2 aromatic rings. The summed E-state index contributed by atoms with van der Waals surface area (Å²) < 4.78 is 79.5. The lowest BCUT2D eigenvalue weighted by Gasteiger charge is -2.49. The fourth-order valence-electron chi connectivity index (χ4n) is 6.01. The van der Waals surface area contributed by atoms with Crippen LogP contribution in [0, 0.1) is 5.92 Å². The van der Waals surface area contributed by atoms with Gasteiger partial charge in [0.1, 0.15) is 0 Å². The number of alkyl halides is 6. The minimum absolute atomic E-state index is 0.00846. The van der Waals surface area contributed by atoms with Crippen LogP contribution in [0.1, 0.15) is 45.2 Å². The van der Waals surface area contributed by atoms with Gasteiger partial charge in [0, 0.05) is 69.0 Å². The van der Waals surface area contributed by atoms with Crippen molar-refractivity contribution in [3.05, 3.63) is 71.3 Å². The van der Waals surface area contributed by atoms with Crippen LogP contribution in [0.3, 0.4) is 0 Å². The van der Waals surface area contributed by atoms with E-state index in [0.29, 0.717) is 48.7 Å². The van der Waals surface area contributed by atoms with Crippen LogP contribution < -0.4 is 5.32 Å². The Bertz CT molecular complexity index is 1370. The van der Waals surface area contributed by atoms with Crippen LogP contribution in [0.4, 0.5) is 26.3 Å². The molecular formula is C33H40F6N4O2. The van der Waals surface area contributed by atoms with Crippen molar-refractivity contribution >= 4 is 12.1 Å². The number of carbonyl (C=O) groups excluding carboxylic acids is 1. The van der Waals surface area contributed by atoms with Gasteiger partial charge in [-0.1, -0.05) is 55.5 Å². The summed E-state index contributed by atoms with van der Waals surface area (Å²) in [6, 6.07) is 10.8. The van der Waals surface area contributed by atoms with Gasteiger partial charge in [-0.3, -0.25) is 19.6 Å². The number of amides is 1. The quantitative estimate of drug-likeness (QED) is 0.326. The van der Waals surface area contributed by atoms with Crippen molar-refractivity contribution in [3.63, 3.8) is 0 Å². The monoisotopic (exact) mass is 638 g/mol. The first-order valence-electron chi connectivity index (χ1n) is 14.9. The second-order valence-corrected chi connectivity index (χ2v) is 12.7. The lowest BCUT2D eigenvalue weighted by Crippen LogP contribution is -2.62. The molecule has 246 valence electrons. The second kappa shape index (κ2) is 13.3. The maximum atomic E-state index is 13.2. The molecule has 0 spiro atoms. The molecule has 1 amide bonds. The molecule has 12 heteroatoms. The summed E-state index contributed by atoms with van der Waals surface area (Å²) in [5, 5.41) is 12.7. The van der Waals surface area contributed by atoms with Crippen LogP contribution in [-0.2, 0) is 16.9 Å². The number of hydrogen-bond donors (Lipinski definition) is 2. The molecule has 2 atom stereocenters. The molecule has 0 aromatic heterocycles. The summed E-state index contributed by atoms with van der Waals surface area (Å²) in [6.07, 6.45) is -7.62. The molecular weight excluding hydrogens is 598 g/mol. The van der Waals surface area contributed by atoms with Crippen LogP contribution in [0.15, 0.2) is 65.2 Å². The van der Waals surface area contributed by atoms with Gasteiger partial charge in [0.05, 0.1) is 0 Å². The first-order valence-corrected chi connectivity index (χ1v) is 14.9. The average Bonchev–Trinajstić information content (AvgIpc) is 2.94. The predicted molar refractivity (Wildman–Crippen MR) is 162 cm³/mol. The first-order chi connectivity index (χ1) is 20.9. The Morgan fingerprint density at radius 1 is 0.978 bits per heavy atom. The van der Waals surface area contributed by atoms with E-state index in [9.17, 15) is 36.2 Å². The SMILES string of the molecule is CC(C)NC(=O)CC1(C)CN(Cc2ccc(-c3ccc(C(O)(C(F)(F)F)C(F)(F)F)cc3)cc2)CCN1CC1=CC=NCC1C. The highest BCUT2D eigenvalue weighted by Crippen LogP contribution is 2.50. The lowest BCUT2D eigenvalue weighted by molar-refractivity contribution is -0.376. The molecule has 6 nitrogen and oxygen atoms in total. The van der Waals surface area contributed by atoms with Gasteiger partial charge in [0.15, 0.2) is 0 Å². The number of aliphatic imine (C=N–C) groups is 1. The zero-order valence-electron chi connectivity index (χ0n) is 25.8. The van der Waals surface area contributed by atoms with Gasteiger partial charge in [0.25, 0.3) is 5.60 Å². The molecule has 2 aromatic carbocycles. The number of hydrogen-bond acceptors (Lipinski definition) is 5. The first kappa shape index (κ1) is 34.6. The van der Waals surface area contributed by atoms with E-state index in [-0.39, 0.29) is 11.9 Å². The number of piperazine rings is 1. The van der Waals surface area contributed by atoms with Crippen LogP contribution in [0.5, 0.6) is 0 Å². The number of carbonyl (C=O) groups is 1. The molecule has 2 heterocycles. The van der Waals surface area contributed by atoms with Crippen molar-refractivity contribution in [1.82, 2.24) is 15.1 Å². The Hall–Kier alpha value is -3.22. The van der Waals surface area contributed by atoms with E-state index in [2.05, 4.69) is 40.0 Å². The third-order valence-corrected chi connectivity index (χ3v) is 8.60. The minimum Gasteiger partial charge on any atom is -0.369 e. The molecule has 45 heavy (non-hydrogen) atoms. The van der Waals surface area contributed by atoms with E-state index in [4.69, 9.17) is 0 Å². The van der Waals surface area contributed by atoms with Gasteiger partial charge in [0.2, 0.25) is 5.91 Å². The van der Waals surface area contributed by atoms with Gasteiger partial charge in [-0.2, -0.15) is 26.3 Å². The molecule has 0 saturated carbocycles. The summed E-state index contributed by atoms with van der Waals surface area (Å²) in [5.41, 5.74) is -3.41. The van der Waals surface area contributed by atoms with Crippen molar-refractivity contribution in [2.45, 2.75) is 70.2 Å². The maximum absolute atomic E-state index is 13.2. The van der Waals surface area contributed by atoms with Crippen LogP contribution in [0.25, 0.3) is 11.1 Å². The normalized spacial score (nSPS) is 22.0. The van der Waals surface area contributed by atoms with E-state index in [1.807, 2.05) is 32.2 Å². The molecule has 1 fully saturated rings. The second-order valence-electron chi connectivity index (χ2n) is 12.7. The van der Waals surface area contributed by atoms with Crippen LogP contribution >= 0.6 is 0 Å². The Morgan fingerprint density at radius 2 is 1.56 bits per heavy atom. The summed E-state index contributed by atoms with van der Waals surface area (Å²) in [6.45, 7) is 12.4. The highest BCUT2D eigenvalue weighted by Gasteiger charge is 2.71. The van der Waals surface area contributed by atoms with Crippen molar-refractivity contribution in [2.24, 2.45) is 10.9 Å². The van der Waals surface area contributed by atoms with Gasteiger partial charge in [-0.15, -0.1) is 0 Å². The number of nitrogens with zero attached hydrogens (tertiary/aromatic N) is 3. The molecule has 0 aliphatic carbocycles. The van der Waals surface area contributed by atoms with Gasteiger partial charge in [-0.05, 0) is 55.0 Å². The number of rotatable bonds is 9. The number of allylic oxidation sites excluding steroid dienone is 1. The van der Waals surface area contributed by atoms with Gasteiger partial charge < -0.3 is 10.4 Å². The molecule has 1 saturated heterocycles. The Balaban J connectivity index is 1.48. The topological polar surface area (TPSA) is 68.2 Å². The van der Waals surface area contributed by atoms with Crippen molar-refractivity contribution in [2.75, 3.05) is 32.7 Å². The standard InChI is InChI=1S/C33H40F6N4O2/c1-22(2)41-29(44)17-30(4)21-42(15-16-43(30)20-27-13-14-40-18-23(27)3)19-24-5-7-25(8-6-24)26-9-11-28(12-10-26)31(45,32(34,35)36)33(37,38)39/h5-14,22-23,45H,15-21H2,1-4H3,(H,41,44). The smallest absolute Gasteiger partial charge is 0.369 e. The van der Waals surface area contributed by atoms with E-state index in [1.54, 1.807) is 12.1 Å². The summed E-state index contributed by atoms with van der Waals surface area (Å²) in [5.74, 6) is 0.322. The number of nitrogens with one attached hydrogen (secondary N) is 1. The summed E-state index contributed by atoms with van der Waals surface area (Å²) in [4.78, 5) is 21.9. The third-order valence-electron chi connectivity index (χ3n) is 8.60. The highest BCUT2D eigenvalue weighted by atomic mass is 19.4. The average molecular weight is 639 g/mol. The van der Waals surface area contributed by atoms with Gasteiger partial charge in [-0.25, -0.2) is 0 Å². The molecule has 2 unspecified atom stereocenters.